The number of hydrogen-bond donors (Lipinski definition) is 2. The molecular weight excluding hydrogens is 333 g/mol. The first kappa shape index (κ1) is 17.0. The SMILES string of the molecule is O=C(Cc1ccc(F)cc1)NC(c1ccc2c(c1)CCO2)C1CC(O)C1. The number of aliphatic hydroxyl groups is 1. The average Bonchev–Trinajstić information content (AvgIpc) is 3.07. The first-order valence-electron chi connectivity index (χ1n) is 9.06. The summed E-state index contributed by atoms with van der Waals surface area (Å²) in [7, 11) is 0. The van der Waals surface area contributed by atoms with Crippen molar-refractivity contribution in [1.29, 1.82) is 0 Å². The molecule has 1 unspecified atom stereocenters. The molecule has 1 aliphatic carbocycles. The van der Waals surface area contributed by atoms with Gasteiger partial charge in [0.15, 0.2) is 0 Å². The zero-order chi connectivity index (χ0) is 18.1. The van der Waals surface area contributed by atoms with Crippen LogP contribution in [0, 0.1) is 11.7 Å². The predicted molar refractivity (Wildman–Crippen MR) is 95.4 cm³/mol. The zero-order valence-corrected chi connectivity index (χ0v) is 14.5. The molecule has 4 rings (SSSR count). The molecule has 1 amide bonds. The minimum absolute atomic E-state index is 0.0975. The molecule has 0 aromatic heterocycles. The highest BCUT2D eigenvalue weighted by Gasteiger charge is 2.36. The number of ether oxygens (including phenoxy) is 1. The number of hydrogen-bond acceptors (Lipinski definition) is 3. The fourth-order valence-electron chi connectivity index (χ4n) is 3.79. The molecule has 1 saturated carbocycles. The number of nitrogens with one attached hydrogen (secondary N) is 1. The van der Waals surface area contributed by atoms with Gasteiger partial charge in [-0.1, -0.05) is 18.2 Å². The zero-order valence-electron chi connectivity index (χ0n) is 14.5. The minimum Gasteiger partial charge on any atom is -0.493 e. The minimum atomic E-state index is -0.309. The van der Waals surface area contributed by atoms with Crippen LogP contribution in [0.3, 0.4) is 0 Å². The molecule has 26 heavy (non-hydrogen) atoms. The lowest BCUT2D eigenvalue weighted by molar-refractivity contribution is -0.122. The molecule has 1 heterocycles. The highest BCUT2D eigenvalue weighted by Crippen LogP contribution is 2.39. The van der Waals surface area contributed by atoms with E-state index in [1.165, 1.54) is 17.7 Å². The highest BCUT2D eigenvalue weighted by molar-refractivity contribution is 5.79. The van der Waals surface area contributed by atoms with Crippen molar-refractivity contribution in [3.8, 4) is 5.75 Å². The Hall–Kier alpha value is -2.40. The number of benzene rings is 2. The summed E-state index contributed by atoms with van der Waals surface area (Å²) in [6.07, 6.45) is 2.19. The Morgan fingerprint density at radius 3 is 2.73 bits per heavy atom. The molecular formula is C21H22FNO3. The summed E-state index contributed by atoms with van der Waals surface area (Å²) >= 11 is 0. The van der Waals surface area contributed by atoms with E-state index in [1.54, 1.807) is 12.1 Å². The van der Waals surface area contributed by atoms with Gasteiger partial charge >= 0.3 is 0 Å². The third kappa shape index (κ3) is 3.58. The number of carbonyl (C=O) groups excluding carboxylic acids is 1. The molecule has 4 nitrogen and oxygen atoms in total. The van der Waals surface area contributed by atoms with Gasteiger partial charge in [0.25, 0.3) is 0 Å². The first-order valence-corrected chi connectivity index (χ1v) is 9.06. The summed E-state index contributed by atoms with van der Waals surface area (Å²) in [5.74, 6) is 0.733. The van der Waals surface area contributed by atoms with E-state index in [4.69, 9.17) is 4.74 Å². The number of fused-ring (bicyclic) bond motifs is 1. The standard InChI is InChI=1S/C21H22FNO3/c22-17-4-1-13(2-5-17)9-20(25)23-21(16-11-18(24)12-16)15-3-6-19-14(10-15)7-8-26-19/h1-6,10,16,18,21,24H,7-9,11-12H2,(H,23,25). The number of halogens is 1. The fraction of sp³-hybridized carbons (Fsp3) is 0.381. The maximum Gasteiger partial charge on any atom is 0.224 e. The molecule has 2 aliphatic rings. The lowest BCUT2D eigenvalue weighted by Crippen LogP contribution is -2.41. The molecule has 0 spiro atoms. The van der Waals surface area contributed by atoms with Crippen molar-refractivity contribution in [3.63, 3.8) is 0 Å². The second-order valence-electron chi connectivity index (χ2n) is 7.20. The van der Waals surface area contributed by atoms with Crippen LogP contribution < -0.4 is 10.1 Å². The summed E-state index contributed by atoms with van der Waals surface area (Å²) in [4.78, 5) is 12.5. The van der Waals surface area contributed by atoms with Crippen molar-refractivity contribution < 1.29 is 19.0 Å². The summed E-state index contributed by atoms with van der Waals surface area (Å²) < 4.78 is 18.6. The van der Waals surface area contributed by atoms with Crippen LogP contribution in [0.2, 0.25) is 0 Å². The number of rotatable bonds is 5. The smallest absolute Gasteiger partial charge is 0.224 e. The van der Waals surface area contributed by atoms with Gasteiger partial charge in [-0.25, -0.2) is 4.39 Å². The quantitative estimate of drug-likeness (QED) is 0.867. The summed E-state index contributed by atoms with van der Waals surface area (Å²) in [6, 6.07) is 11.9. The third-order valence-electron chi connectivity index (χ3n) is 5.29. The Bertz CT molecular complexity index is 799. The lowest BCUT2D eigenvalue weighted by Gasteiger charge is -2.38. The van der Waals surface area contributed by atoms with Crippen molar-refractivity contribution in [1.82, 2.24) is 5.32 Å². The van der Waals surface area contributed by atoms with Crippen molar-refractivity contribution in [2.24, 2.45) is 5.92 Å². The van der Waals surface area contributed by atoms with E-state index < -0.39 is 0 Å². The second kappa shape index (κ2) is 7.08. The van der Waals surface area contributed by atoms with Crippen LogP contribution in [0.1, 0.15) is 35.6 Å². The van der Waals surface area contributed by atoms with E-state index in [-0.39, 0.29) is 36.2 Å². The fourth-order valence-corrected chi connectivity index (χ4v) is 3.79. The normalized spacial score (nSPS) is 22.1. The van der Waals surface area contributed by atoms with Gasteiger partial charge in [-0.15, -0.1) is 0 Å². The Kier molecular flexibility index (Phi) is 4.64. The van der Waals surface area contributed by atoms with Crippen LogP contribution in [0.15, 0.2) is 42.5 Å². The van der Waals surface area contributed by atoms with E-state index in [0.29, 0.717) is 19.4 Å². The van der Waals surface area contributed by atoms with Crippen LogP contribution in [-0.4, -0.2) is 23.7 Å². The van der Waals surface area contributed by atoms with Gasteiger partial charge in [0, 0.05) is 6.42 Å². The molecule has 2 aromatic rings. The summed E-state index contributed by atoms with van der Waals surface area (Å²) in [5.41, 5.74) is 3.00. The number of aliphatic hydroxyl groups excluding tert-OH is 1. The van der Waals surface area contributed by atoms with Crippen molar-refractivity contribution in [2.75, 3.05) is 6.61 Å². The Morgan fingerprint density at radius 1 is 1.23 bits per heavy atom. The topological polar surface area (TPSA) is 58.6 Å². The molecule has 2 aromatic carbocycles. The van der Waals surface area contributed by atoms with Crippen LogP contribution in [-0.2, 0) is 17.6 Å². The van der Waals surface area contributed by atoms with E-state index >= 15 is 0 Å². The van der Waals surface area contributed by atoms with Gasteiger partial charge < -0.3 is 15.2 Å². The van der Waals surface area contributed by atoms with E-state index in [1.807, 2.05) is 12.1 Å². The number of carbonyl (C=O) groups is 1. The summed E-state index contributed by atoms with van der Waals surface area (Å²) in [5, 5.41) is 12.8. The molecule has 5 heteroatoms. The summed E-state index contributed by atoms with van der Waals surface area (Å²) in [6.45, 7) is 0.697. The van der Waals surface area contributed by atoms with E-state index in [2.05, 4.69) is 11.4 Å². The highest BCUT2D eigenvalue weighted by atomic mass is 19.1. The van der Waals surface area contributed by atoms with Gasteiger partial charge in [0.1, 0.15) is 11.6 Å². The molecule has 0 saturated heterocycles. The van der Waals surface area contributed by atoms with Crippen molar-refractivity contribution in [3.05, 3.63) is 65.0 Å². The molecule has 1 aliphatic heterocycles. The van der Waals surface area contributed by atoms with E-state index in [0.717, 1.165) is 23.3 Å². The lowest BCUT2D eigenvalue weighted by atomic mass is 9.74. The number of amides is 1. The van der Waals surface area contributed by atoms with Crippen LogP contribution >= 0.6 is 0 Å². The maximum atomic E-state index is 13.0. The van der Waals surface area contributed by atoms with Gasteiger partial charge in [-0.3, -0.25) is 4.79 Å². The van der Waals surface area contributed by atoms with Crippen LogP contribution in [0.25, 0.3) is 0 Å². The predicted octanol–water partition coefficient (Wildman–Crippen LogP) is 2.93. The third-order valence-corrected chi connectivity index (χ3v) is 5.29. The first-order chi connectivity index (χ1) is 12.6. The Balaban J connectivity index is 1.50. The monoisotopic (exact) mass is 355 g/mol. The average molecular weight is 355 g/mol. The largest absolute Gasteiger partial charge is 0.493 e. The molecule has 0 radical (unpaired) electrons. The van der Waals surface area contributed by atoms with E-state index in [9.17, 15) is 14.3 Å². The van der Waals surface area contributed by atoms with Gasteiger partial charge in [0.05, 0.1) is 25.2 Å². The Morgan fingerprint density at radius 2 is 2.00 bits per heavy atom. The molecule has 0 bridgehead atoms. The van der Waals surface area contributed by atoms with Crippen LogP contribution in [0.5, 0.6) is 5.75 Å². The van der Waals surface area contributed by atoms with Crippen molar-refractivity contribution >= 4 is 5.91 Å². The molecule has 1 atom stereocenters. The van der Waals surface area contributed by atoms with Gasteiger partial charge in [-0.2, -0.15) is 0 Å². The maximum absolute atomic E-state index is 13.0. The van der Waals surface area contributed by atoms with Crippen molar-refractivity contribution in [2.45, 2.75) is 37.8 Å². The van der Waals surface area contributed by atoms with Crippen LogP contribution in [0.4, 0.5) is 4.39 Å². The van der Waals surface area contributed by atoms with Gasteiger partial charge in [0.2, 0.25) is 5.91 Å². The molecule has 1 fully saturated rings. The molecule has 136 valence electrons. The molecule has 2 N–H and O–H groups in total. The van der Waals surface area contributed by atoms with Gasteiger partial charge in [-0.05, 0) is 59.7 Å². The second-order valence-corrected chi connectivity index (χ2v) is 7.20. The Labute approximate surface area is 152 Å².